The normalized spacial score (nSPS) is 16.7. The molecular formula is C28H28FN3O3. The van der Waals surface area contributed by atoms with Gasteiger partial charge in [0.15, 0.2) is 0 Å². The van der Waals surface area contributed by atoms with Crippen molar-refractivity contribution >= 4 is 22.6 Å². The lowest BCUT2D eigenvalue weighted by atomic mass is 10.1. The van der Waals surface area contributed by atoms with Gasteiger partial charge >= 0.3 is 0 Å². The molecule has 1 saturated heterocycles. The van der Waals surface area contributed by atoms with Gasteiger partial charge in [-0.1, -0.05) is 37.3 Å². The van der Waals surface area contributed by atoms with Crippen LogP contribution in [0.3, 0.4) is 0 Å². The third-order valence-corrected chi connectivity index (χ3v) is 6.46. The van der Waals surface area contributed by atoms with Gasteiger partial charge in [-0.05, 0) is 54.4 Å². The summed E-state index contributed by atoms with van der Waals surface area (Å²) >= 11 is 0. The second-order valence-electron chi connectivity index (χ2n) is 8.92. The number of anilines is 1. The molecule has 0 saturated carbocycles. The van der Waals surface area contributed by atoms with E-state index in [0.717, 1.165) is 23.3 Å². The van der Waals surface area contributed by atoms with Crippen LogP contribution in [0.2, 0.25) is 0 Å². The highest BCUT2D eigenvalue weighted by Gasteiger charge is 2.35. The maximum atomic E-state index is 13.8. The maximum Gasteiger partial charge on any atom is 0.227 e. The fourth-order valence-electron chi connectivity index (χ4n) is 4.65. The summed E-state index contributed by atoms with van der Waals surface area (Å²) in [7, 11) is 0. The molecule has 1 aliphatic rings. The SMILES string of the molecule is CCc1ccc(OC[C@H](O)Cn2c([C@H]3CC(=O)N(c4cccc(F)c4)C3)nc3ccccc32)cc1. The molecule has 0 unspecified atom stereocenters. The molecule has 2 heterocycles. The maximum absolute atomic E-state index is 13.8. The van der Waals surface area contributed by atoms with E-state index in [1.54, 1.807) is 17.0 Å². The zero-order valence-corrected chi connectivity index (χ0v) is 19.6. The molecule has 0 radical (unpaired) electrons. The standard InChI is InChI=1S/C28H28FN3O3/c1-2-19-10-12-24(13-11-19)35-18-23(33)17-32-26-9-4-3-8-25(26)30-28(32)20-14-27(34)31(16-20)22-7-5-6-21(29)15-22/h3-13,15,20,23,33H,2,14,16-18H2,1H3/t20-,23+/m0/s1. The lowest BCUT2D eigenvalue weighted by Gasteiger charge is -2.19. The first kappa shape index (κ1) is 23.1. The van der Waals surface area contributed by atoms with Gasteiger partial charge in [-0.15, -0.1) is 0 Å². The quantitative estimate of drug-likeness (QED) is 0.403. The van der Waals surface area contributed by atoms with Gasteiger partial charge in [0.25, 0.3) is 0 Å². The molecule has 180 valence electrons. The minimum absolute atomic E-state index is 0.0707. The summed E-state index contributed by atoms with van der Waals surface area (Å²) in [5.41, 5.74) is 3.47. The predicted molar refractivity (Wildman–Crippen MR) is 133 cm³/mol. The Morgan fingerprint density at radius 2 is 1.91 bits per heavy atom. The zero-order chi connectivity index (χ0) is 24.4. The number of hydrogen-bond donors (Lipinski definition) is 1. The van der Waals surface area contributed by atoms with Gasteiger partial charge in [-0.3, -0.25) is 4.79 Å². The van der Waals surface area contributed by atoms with E-state index in [9.17, 15) is 14.3 Å². The highest BCUT2D eigenvalue weighted by Crippen LogP contribution is 2.33. The van der Waals surface area contributed by atoms with Crippen LogP contribution in [0.5, 0.6) is 5.75 Å². The number of fused-ring (bicyclic) bond motifs is 1. The summed E-state index contributed by atoms with van der Waals surface area (Å²) in [5.74, 6) is 0.832. The van der Waals surface area contributed by atoms with Crippen molar-refractivity contribution in [1.29, 1.82) is 0 Å². The molecule has 1 amide bonds. The van der Waals surface area contributed by atoms with E-state index in [4.69, 9.17) is 9.72 Å². The second kappa shape index (κ2) is 9.88. The van der Waals surface area contributed by atoms with E-state index in [-0.39, 0.29) is 37.2 Å². The highest BCUT2D eigenvalue weighted by atomic mass is 19.1. The molecule has 35 heavy (non-hydrogen) atoms. The summed E-state index contributed by atoms with van der Waals surface area (Å²) in [6.07, 6.45) is 0.462. The molecule has 2 atom stereocenters. The minimum Gasteiger partial charge on any atom is -0.491 e. The molecule has 5 rings (SSSR count). The van der Waals surface area contributed by atoms with Gasteiger partial charge in [0, 0.05) is 24.6 Å². The Kier molecular flexibility index (Phi) is 6.51. The molecule has 1 fully saturated rings. The van der Waals surface area contributed by atoms with Crippen LogP contribution in [0.15, 0.2) is 72.8 Å². The molecule has 4 aromatic rings. The molecule has 0 spiro atoms. The van der Waals surface area contributed by atoms with Gasteiger partial charge in [0.1, 0.15) is 30.1 Å². The van der Waals surface area contributed by atoms with Crippen molar-refractivity contribution in [2.75, 3.05) is 18.1 Å². The van der Waals surface area contributed by atoms with Gasteiger partial charge in [0.2, 0.25) is 5.91 Å². The number of carbonyl (C=O) groups is 1. The van der Waals surface area contributed by atoms with Crippen molar-refractivity contribution in [3.63, 3.8) is 0 Å². The zero-order valence-electron chi connectivity index (χ0n) is 19.6. The number of aromatic nitrogens is 2. The number of benzene rings is 3. The minimum atomic E-state index is -0.770. The Morgan fingerprint density at radius 3 is 2.69 bits per heavy atom. The van der Waals surface area contributed by atoms with Crippen LogP contribution < -0.4 is 9.64 Å². The summed E-state index contributed by atoms with van der Waals surface area (Å²) in [5, 5.41) is 10.8. The topological polar surface area (TPSA) is 67.6 Å². The van der Waals surface area contributed by atoms with Crippen LogP contribution >= 0.6 is 0 Å². The number of rotatable bonds is 8. The lowest BCUT2D eigenvalue weighted by Crippen LogP contribution is -2.26. The molecule has 3 aromatic carbocycles. The smallest absolute Gasteiger partial charge is 0.227 e. The van der Waals surface area contributed by atoms with E-state index in [1.165, 1.54) is 17.7 Å². The number of aliphatic hydroxyl groups excluding tert-OH is 1. The van der Waals surface area contributed by atoms with Crippen molar-refractivity contribution in [3.8, 4) is 5.75 Å². The Morgan fingerprint density at radius 1 is 1.11 bits per heavy atom. The molecule has 0 bridgehead atoms. The summed E-state index contributed by atoms with van der Waals surface area (Å²) < 4.78 is 21.6. The number of ether oxygens (including phenoxy) is 1. The van der Waals surface area contributed by atoms with Crippen molar-refractivity contribution in [1.82, 2.24) is 9.55 Å². The van der Waals surface area contributed by atoms with Gasteiger partial charge in [-0.25, -0.2) is 9.37 Å². The Bertz CT molecular complexity index is 1340. The third-order valence-electron chi connectivity index (χ3n) is 6.46. The fourth-order valence-corrected chi connectivity index (χ4v) is 4.65. The molecule has 0 aliphatic carbocycles. The summed E-state index contributed by atoms with van der Waals surface area (Å²) in [6, 6.07) is 21.7. The highest BCUT2D eigenvalue weighted by molar-refractivity contribution is 5.96. The molecule has 7 heteroatoms. The van der Waals surface area contributed by atoms with Crippen molar-refractivity contribution in [2.45, 2.75) is 38.3 Å². The largest absolute Gasteiger partial charge is 0.491 e. The van der Waals surface area contributed by atoms with E-state index in [2.05, 4.69) is 6.92 Å². The average molecular weight is 474 g/mol. The second-order valence-corrected chi connectivity index (χ2v) is 8.92. The average Bonchev–Trinajstić information content (AvgIpc) is 3.43. The number of halogens is 1. The molecule has 1 aromatic heterocycles. The van der Waals surface area contributed by atoms with Crippen LogP contribution in [0.1, 0.15) is 30.7 Å². The fraction of sp³-hybridized carbons (Fsp3) is 0.286. The number of aliphatic hydroxyl groups is 1. The number of aryl methyl sites for hydroxylation is 1. The van der Waals surface area contributed by atoms with E-state index < -0.39 is 6.10 Å². The number of para-hydroxylation sites is 2. The summed E-state index contributed by atoms with van der Waals surface area (Å²) in [4.78, 5) is 19.3. The molecule has 1 aliphatic heterocycles. The number of amides is 1. The molecule has 6 nitrogen and oxygen atoms in total. The van der Waals surface area contributed by atoms with Crippen LogP contribution in [-0.4, -0.2) is 39.8 Å². The van der Waals surface area contributed by atoms with Crippen LogP contribution in [-0.2, 0) is 17.8 Å². The first-order chi connectivity index (χ1) is 17.0. The first-order valence-electron chi connectivity index (χ1n) is 11.9. The van der Waals surface area contributed by atoms with Crippen molar-refractivity contribution < 1.29 is 19.0 Å². The lowest BCUT2D eigenvalue weighted by molar-refractivity contribution is -0.117. The van der Waals surface area contributed by atoms with E-state index in [1.807, 2.05) is 53.1 Å². The van der Waals surface area contributed by atoms with Crippen molar-refractivity contribution in [3.05, 3.63) is 90.0 Å². The van der Waals surface area contributed by atoms with Gasteiger partial charge in [0.05, 0.1) is 17.6 Å². The van der Waals surface area contributed by atoms with E-state index >= 15 is 0 Å². The van der Waals surface area contributed by atoms with Gasteiger partial charge < -0.3 is 19.3 Å². The van der Waals surface area contributed by atoms with Crippen LogP contribution in [0.4, 0.5) is 10.1 Å². The monoisotopic (exact) mass is 473 g/mol. The van der Waals surface area contributed by atoms with Gasteiger partial charge in [-0.2, -0.15) is 0 Å². The predicted octanol–water partition coefficient (Wildman–Crippen LogP) is 4.70. The first-order valence-corrected chi connectivity index (χ1v) is 11.9. The number of imidazole rings is 1. The Balaban J connectivity index is 1.36. The van der Waals surface area contributed by atoms with Crippen molar-refractivity contribution in [2.24, 2.45) is 0 Å². The molecular weight excluding hydrogens is 445 g/mol. The third kappa shape index (κ3) is 4.91. The molecule has 1 N–H and O–H groups in total. The number of carbonyl (C=O) groups excluding carboxylic acids is 1. The Hall–Kier alpha value is -3.71. The number of nitrogens with zero attached hydrogens (tertiary/aromatic N) is 3. The summed E-state index contributed by atoms with van der Waals surface area (Å²) in [6.45, 7) is 2.92. The van der Waals surface area contributed by atoms with Crippen LogP contribution in [0.25, 0.3) is 11.0 Å². The number of hydrogen-bond acceptors (Lipinski definition) is 4. The van der Waals surface area contributed by atoms with Crippen LogP contribution in [0, 0.1) is 5.82 Å². The van der Waals surface area contributed by atoms with E-state index in [0.29, 0.717) is 18.0 Å². The Labute approximate surface area is 203 Å².